The molecule has 2 aromatic rings. The number of nitrogens with zero attached hydrogens (tertiary/aromatic N) is 2. The van der Waals surface area contributed by atoms with Crippen LogP contribution in [-0.4, -0.2) is 28.6 Å². The third-order valence-corrected chi connectivity index (χ3v) is 3.55. The van der Waals surface area contributed by atoms with Gasteiger partial charge in [-0.2, -0.15) is 15.4 Å². The molecule has 19 heavy (non-hydrogen) atoms. The number of benzene rings is 1. The summed E-state index contributed by atoms with van der Waals surface area (Å²) in [5.41, 5.74) is 3.37. The molecule has 0 saturated carbocycles. The van der Waals surface area contributed by atoms with Gasteiger partial charge in [0.2, 0.25) is 0 Å². The van der Waals surface area contributed by atoms with Gasteiger partial charge in [-0.05, 0) is 31.0 Å². The summed E-state index contributed by atoms with van der Waals surface area (Å²) in [5, 5.41) is 14.0. The van der Waals surface area contributed by atoms with E-state index in [4.69, 9.17) is 4.74 Å². The van der Waals surface area contributed by atoms with Crippen LogP contribution in [0.15, 0.2) is 30.5 Å². The van der Waals surface area contributed by atoms with Gasteiger partial charge in [-0.3, -0.25) is 0 Å². The summed E-state index contributed by atoms with van der Waals surface area (Å²) in [4.78, 5) is 0. The fourth-order valence-corrected chi connectivity index (χ4v) is 2.42. The molecule has 5 nitrogen and oxygen atoms in total. The molecule has 2 atom stereocenters. The summed E-state index contributed by atoms with van der Waals surface area (Å²) < 4.78 is 5.45. The van der Waals surface area contributed by atoms with Crippen molar-refractivity contribution >= 4 is 5.69 Å². The third-order valence-electron chi connectivity index (χ3n) is 3.55. The SMILES string of the molecule is CC(Nc1cccc(C2CCOC2)c1)c1cn[nH]n1. The van der Waals surface area contributed by atoms with Crippen LogP contribution in [0.5, 0.6) is 0 Å². The van der Waals surface area contributed by atoms with Crippen molar-refractivity contribution in [1.82, 2.24) is 15.4 Å². The minimum absolute atomic E-state index is 0.133. The van der Waals surface area contributed by atoms with Crippen molar-refractivity contribution in [3.05, 3.63) is 41.7 Å². The van der Waals surface area contributed by atoms with Crippen LogP contribution < -0.4 is 5.32 Å². The number of anilines is 1. The first-order chi connectivity index (χ1) is 9.33. The van der Waals surface area contributed by atoms with Crippen LogP contribution in [0, 0.1) is 0 Å². The van der Waals surface area contributed by atoms with Crippen molar-refractivity contribution in [3.63, 3.8) is 0 Å². The number of rotatable bonds is 4. The molecule has 0 spiro atoms. The molecule has 0 bridgehead atoms. The summed E-state index contributed by atoms with van der Waals surface area (Å²) >= 11 is 0. The summed E-state index contributed by atoms with van der Waals surface area (Å²) in [7, 11) is 0. The van der Waals surface area contributed by atoms with E-state index in [0.29, 0.717) is 5.92 Å². The molecule has 2 unspecified atom stereocenters. The van der Waals surface area contributed by atoms with Crippen LogP contribution in [0.25, 0.3) is 0 Å². The Bertz CT molecular complexity index is 520. The quantitative estimate of drug-likeness (QED) is 0.884. The van der Waals surface area contributed by atoms with Crippen molar-refractivity contribution < 1.29 is 4.74 Å². The molecule has 100 valence electrons. The molecule has 2 heterocycles. The molecule has 1 aromatic carbocycles. The standard InChI is InChI=1S/C14H18N4O/c1-10(14-8-15-18-17-14)16-13-4-2-3-11(7-13)12-5-6-19-9-12/h2-4,7-8,10,12,16H,5-6,9H2,1H3,(H,15,17,18). The van der Waals surface area contributed by atoms with Crippen LogP contribution in [0.4, 0.5) is 5.69 Å². The van der Waals surface area contributed by atoms with Crippen LogP contribution in [0.3, 0.4) is 0 Å². The predicted octanol–water partition coefficient (Wildman–Crippen LogP) is 2.48. The van der Waals surface area contributed by atoms with E-state index in [0.717, 1.165) is 31.0 Å². The first-order valence-electron chi connectivity index (χ1n) is 6.63. The third kappa shape index (κ3) is 2.76. The van der Waals surface area contributed by atoms with E-state index in [1.54, 1.807) is 6.20 Å². The molecule has 1 fully saturated rings. The van der Waals surface area contributed by atoms with Crippen molar-refractivity contribution in [2.45, 2.75) is 25.3 Å². The van der Waals surface area contributed by atoms with Gasteiger partial charge in [0.1, 0.15) is 5.69 Å². The zero-order chi connectivity index (χ0) is 13.1. The minimum Gasteiger partial charge on any atom is -0.381 e. The zero-order valence-corrected chi connectivity index (χ0v) is 11.0. The van der Waals surface area contributed by atoms with Crippen molar-refractivity contribution in [2.24, 2.45) is 0 Å². The molecular formula is C14H18N4O. The van der Waals surface area contributed by atoms with Gasteiger partial charge in [-0.25, -0.2) is 0 Å². The molecule has 0 radical (unpaired) electrons. The highest BCUT2D eigenvalue weighted by Crippen LogP contribution is 2.28. The van der Waals surface area contributed by atoms with E-state index in [-0.39, 0.29) is 6.04 Å². The number of hydrogen-bond donors (Lipinski definition) is 2. The van der Waals surface area contributed by atoms with Crippen molar-refractivity contribution in [3.8, 4) is 0 Å². The van der Waals surface area contributed by atoms with E-state index in [1.807, 2.05) is 0 Å². The Morgan fingerprint density at radius 3 is 3.16 bits per heavy atom. The molecule has 0 amide bonds. The van der Waals surface area contributed by atoms with Gasteiger partial charge in [0.15, 0.2) is 0 Å². The molecule has 1 aliphatic heterocycles. The summed E-state index contributed by atoms with van der Waals surface area (Å²) in [6, 6.07) is 8.68. The highest BCUT2D eigenvalue weighted by atomic mass is 16.5. The van der Waals surface area contributed by atoms with E-state index in [1.165, 1.54) is 5.56 Å². The highest BCUT2D eigenvalue weighted by Gasteiger charge is 2.18. The van der Waals surface area contributed by atoms with Crippen LogP contribution >= 0.6 is 0 Å². The van der Waals surface area contributed by atoms with E-state index in [2.05, 4.69) is 51.9 Å². The molecule has 5 heteroatoms. The van der Waals surface area contributed by atoms with Crippen LogP contribution in [0.2, 0.25) is 0 Å². The Morgan fingerprint density at radius 2 is 2.42 bits per heavy atom. The van der Waals surface area contributed by atoms with Gasteiger partial charge in [0.25, 0.3) is 0 Å². The maximum Gasteiger partial charge on any atom is 0.104 e. The van der Waals surface area contributed by atoms with Gasteiger partial charge in [-0.15, -0.1) is 0 Å². The van der Waals surface area contributed by atoms with E-state index < -0.39 is 0 Å². The lowest BCUT2D eigenvalue weighted by atomic mass is 9.98. The first kappa shape index (κ1) is 12.2. The highest BCUT2D eigenvalue weighted by molar-refractivity contribution is 5.48. The van der Waals surface area contributed by atoms with Crippen molar-refractivity contribution in [2.75, 3.05) is 18.5 Å². The molecule has 2 N–H and O–H groups in total. The van der Waals surface area contributed by atoms with E-state index >= 15 is 0 Å². The van der Waals surface area contributed by atoms with Crippen molar-refractivity contribution in [1.29, 1.82) is 0 Å². The predicted molar refractivity (Wildman–Crippen MR) is 73.0 cm³/mol. The number of nitrogens with one attached hydrogen (secondary N) is 2. The number of H-pyrrole nitrogens is 1. The first-order valence-corrected chi connectivity index (χ1v) is 6.63. The summed E-state index contributed by atoms with van der Waals surface area (Å²) in [6.07, 6.45) is 2.86. The van der Waals surface area contributed by atoms with E-state index in [9.17, 15) is 0 Å². The summed E-state index contributed by atoms with van der Waals surface area (Å²) in [6.45, 7) is 3.78. The normalized spacial score (nSPS) is 20.4. The lowest BCUT2D eigenvalue weighted by Crippen LogP contribution is -2.08. The van der Waals surface area contributed by atoms with Gasteiger partial charge in [-0.1, -0.05) is 12.1 Å². The monoisotopic (exact) mass is 258 g/mol. The fraction of sp³-hybridized carbons (Fsp3) is 0.429. The van der Waals surface area contributed by atoms with Gasteiger partial charge in [0, 0.05) is 18.2 Å². The Kier molecular flexibility index (Phi) is 3.46. The second kappa shape index (κ2) is 5.40. The van der Waals surface area contributed by atoms with Crippen LogP contribution in [0.1, 0.15) is 36.6 Å². The number of ether oxygens (including phenoxy) is 1. The lowest BCUT2D eigenvalue weighted by Gasteiger charge is -2.15. The maximum absolute atomic E-state index is 5.45. The fourth-order valence-electron chi connectivity index (χ4n) is 2.42. The Morgan fingerprint density at radius 1 is 1.47 bits per heavy atom. The van der Waals surface area contributed by atoms with Gasteiger partial charge in [0.05, 0.1) is 18.8 Å². The molecule has 1 aromatic heterocycles. The zero-order valence-electron chi connectivity index (χ0n) is 11.0. The smallest absolute Gasteiger partial charge is 0.104 e. The number of aromatic amines is 1. The summed E-state index contributed by atoms with van der Waals surface area (Å²) in [5.74, 6) is 0.532. The molecule has 3 rings (SSSR count). The maximum atomic E-state index is 5.45. The molecular weight excluding hydrogens is 240 g/mol. The lowest BCUT2D eigenvalue weighted by molar-refractivity contribution is 0.194. The second-order valence-electron chi connectivity index (χ2n) is 4.95. The average molecular weight is 258 g/mol. The molecule has 0 aliphatic carbocycles. The Balaban J connectivity index is 1.72. The second-order valence-corrected chi connectivity index (χ2v) is 4.95. The largest absolute Gasteiger partial charge is 0.381 e. The van der Waals surface area contributed by atoms with Crippen LogP contribution in [-0.2, 0) is 4.74 Å². The number of hydrogen-bond acceptors (Lipinski definition) is 4. The Hall–Kier alpha value is -1.88. The molecule has 1 aliphatic rings. The average Bonchev–Trinajstić information content (AvgIpc) is 3.13. The molecule has 1 saturated heterocycles. The Labute approximate surface area is 112 Å². The van der Waals surface area contributed by atoms with Gasteiger partial charge < -0.3 is 10.1 Å². The van der Waals surface area contributed by atoms with Gasteiger partial charge >= 0.3 is 0 Å². The minimum atomic E-state index is 0.133. The number of aromatic nitrogens is 3. The topological polar surface area (TPSA) is 62.8 Å².